The number of amides is 1. The molecule has 0 bridgehead atoms. The molecule has 2 heterocycles. The lowest BCUT2D eigenvalue weighted by Gasteiger charge is -2.36. The SMILES string of the molecule is CN1C[C@@H](N2CCC(C(=O)NC(C)(C)C)CC2)C[C@H]1CC(C)(C)C. The molecule has 2 saturated heterocycles. The maximum Gasteiger partial charge on any atom is 0.223 e. The molecule has 2 atom stereocenters. The summed E-state index contributed by atoms with van der Waals surface area (Å²) in [6.45, 7) is 16.5. The monoisotopic (exact) mass is 337 g/mol. The number of piperidine rings is 1. The summed E-state index contributed by atoms with van der Waals surface area (Å²) in [7, 11) is 2.28. The van der Waals surface area contributed by atoms with Crippen LogP contribution in [0.2, 0.25) is 0 Å². The number of carbonyl (C=O) groups excluding carboxylic acids is 1. The van der Waals surface area contributed by atoms with Crippen molar-refractivity contribution in [3.63, 3.8) is 0 Å². The first-order chi connectivity index (χ1) is 10.9. The fourth-order valence-electron chi connectivity index (χ4n) is 4.26. The molecule has 2 aliphatic rings. The van der Waals surface area contributed by atoms with E-state index in [0.717, 1.165) is 25.9 Å². The molecule has 4 heteroatoms. The summed E-state index contributed by atoms with van der Waals surface area (Å²) in [6.07, 6.45) is 4.56. The third-order valence-electron chi connectivity index (χ3n) is 5.43. The van der Waals surface area contributed by atoms with Gasteiger partial charge in [0.25, 0.3) is 0 Å². The summed E-state index contributed by atoms with van der Waals surface area (Å²) in [5.74, 6) is 0.446. The standard InChI is InChI=1S/C20H39N3O/c1-19(2,3)13-16-12-17(14-22(16)7)23-10-8-15(9-11-23)18(24)21-20(4,5)6/h15-17H,8-14H2,1-7H3,(H,21,24)/t16-,17-/m0/s1. The average Bonchev–Trinajstić information content (AvgIpc) is 2.76. The lowest BCUT2D eigenvalue weighted by Crippen LogP contribution is -2.49. The summed E-state index contributed by atoms with van der Waals surface area (Å²) in [5.41, 5.74) is 0.272. The lowest BCUT2D eigenvalue weighted by molar-refractivity contribution is -0.128. The van der Waals surface area contributed by atoms with Crippen LogP contribution in [0.25, 0.3) is 0 Å². The first-order valence-electron chi connectivity index (χ1n) is 9.71. The third-order valence-corrected chi connectivity index (χ3v) is 5.43. The van der Waals surface area contributed by atoms with Gasteiger partial charge in [0, 0.05) is 30.1 Å². The molecular weight excluding hydrogens is 298 g/mol. The van der Waals surface area contributed by atoms with Crippen LogP contribution in [0.1, 0.15) is 67.2 Å². The summed E-state index contributed by atoms with van der Waals surface area (Å²) in [4.78, 5) is 17.6. The Hall–Kier alpha value is -0.610. The van der Waals surface area contributed by atoms with Crippen LogP contribution in [0.15, 0.2) is 0 Å². The van der Waals surface area contributed by atoms with Crippen molar-refractivity contribution in [1.82, 2.24) is 15.1 Å². The Kier molecular flexibility index (Phi) is 6.02. The van der Waals surface area contributed by atoms with E-state index in [4.69, 9.17) is 0 Å². The highest BCUT2D eigenvalue weighted by molar-refractivity contribution is 5.79. The predicted octanol–water partition coefficient (Wildman–Crippen LogP) is 3.12. The number of hydrogen-bond donors (Lipinski definition) is 1. The summed E-state index contributed by atoms with van der Waals surface area (Å²) < 4.78 is 0. The number of hydrogen-bond acceptors (Lipinski definition) is 3. The van der Waals surface area contributed by atoms with E-state index in [2.05, 4.69) is 63.7 Å². The van der Waals surface area contributed by atoms with E-state index < -0.39 is 0 Å². The summed E-state index contributed by atoms with van der Waals surface area (Å²) in [5, 5.41) is 3.15. The van der Waals surface area contributed by atoms with Crippen molar-refractivity contribution < 1.29 is 4.79 Å². The minimum absolute atomic E-state index is 0.122. The minimum atomic E-state index is -0.122. The second-order valence-corrected chi connectivity index (χ2v) is 10.3. The van der Waals surface area contributed by atoms with Gasteiger partial charge in [-0.05, 0) is 72.0 Å². The van der Waals surface area contributed by atoms with Crippen molar-refractivity contribution in [3.05, 3.63) is 0 Å². The van der Waals surface area contributed by atoms with Crippen molar-refractivity contribution >= 4 is 5.91 Å². The molecule has 1 N–H and O–H groups in total. The highest BCUT2D eigenvalue weighted by Crippen LogP contribution is 2.32. The lowest BCUT2D eigenvalue weighted by atomic mass is 9.86. The quantitative estimate of drug-likeness (QED) is 0.859. The molecule has 2 aliphatic heterocycles. The summed E-state index contributed by atoms with van der Waals surface area (Å²) in [6, 6.07) is 1.38. The van der Waals surface area contributed by atoms with Gasteiger partial charge in [0.15, 0.2) is 0 Å². The highest BCUT2D eigenvalue weighted by atomic mass is 16.2. The highest BCUT2D eigenvalue weighted by Gasteiger charge is 2.37. The van der Waals surface area contributed by atoms with E-state index in [9.17, 15) is 4.79 Å². The first kappa shape index (κ1) is 19.7. The van der Waals surface area contributed by atoms with Crippen molar-refractivity contribution in [1.29, 1.82) is 0 Å². The number of likely N-dealkylation sites (tertiary alicyclic amines) is 2. The van der Waals surface area contributed by atoms with Crippen LogP contribution in [0.4, 0.5) is 0 Å². The van der Waals surface area contributed by atoms with Crippen LogP contribution >= 0.6 is 0 Å². The molecular formula is C20H39N3O. The maximum atomic E-state index is 12.4. The largest absolute Gasteiger partial charge is 0.351 e. The van der Waals surface area contributed by atoms with E-state index >= 15 is 0 Å². The second-order valence-electron chi connectivity index (χ2n) is 10.3. The normalized spacial score (nSPS) is 28.3. The Morgan fingerprint density at radius 3 is 2.17 bits per heavy atom. The van der Waals surface area contributed by atoms with Gasteiger partial charge in [0.1, 0.15) is 0 Å². The van der Waals surface area contributed by atoms with Gasteiger partial charge in [0.05, 0.1) is 0 Å². The Morgan fingerprint density at radius 1 is 1.08 bits per heavy atom. The molecule has 0 radical (unpaired) electrons. The van der Waals surface area contributed by atoms with Gasteiger partial charge in [-0.1, -0.05) is 20.8 Å². The first-order valence-corrected chi connectivity index (χ1v) is 9.71. The molecule has 140 valence electrons. The van der Waals surface area contributed by atoms with Crippen LogP contribution in [0, 0.1) is 11.3 Å². The molecule has 2 rings (SSSR count). The number of nitrogens with one attached hydrogen (secondary N) is 1. The van der Waals surface area contributed by atoms with Crippen molar-refractivity contribution in [2.24, 2.45) is 11.3 Å². The molecule has 0 aromatic carbocycles. The molecule has 0 aromatic heterocycles. The number of likely N-dealkylation sites (N-methyl/N-ethyl adjacent to an activating group) is 1. The zero-order valence-corrected chi connectivity index (χ0v) is 17.0. The van der Waals surface area contributed by atoms with Gasteiger partial charge < -0.3 is 10.2 Å². The topological polar surface area (TPSA) is 35.6 Å². The summed E-state index contributed by atoms with van der Waals surface area (Å²) >= 11 is 0. The number of rotatable bonds is 3. The van der Waals surface area contributed by atoms with Crippen LogP contribution in [0.3, 0.4) is 0 Å². The number of nitrogens with zero attached hydrogens (tertiary/aromatic N) is 2. The third kappa shape index (κ3) is 5.73. The van der Waals surface area contributed by atoms with Crippen molar-refractivity contribution in [2.45, 2.75) is 84.8 Å². The molecule has 2 fully saturated rings. The predicted molar refractivity (Wildman–Crippen MR) is 101 cm³/mol. The Balaban J connectivity index is 1.82. The van der Waals surface area contributed by atoms with Crippen LogP contribution in [0.5, 0.6) is 0 Å². The van der Waals surface area contributed by atoms with E-state index in [1.165, 1.54) is 19.4 Å². The fourth-order valence-corrected chi connectivity index (χ4v) is 4.26. The Labute approximate surface area is 149 Å². The molecule has 4 nitrogen and oxygen atoms in total. The molecule has 0 saturated carbocycles. The van der Waals surface area contributed by atoms with Crippen LogP contribution < -0.4 is 5.32 Å². The van der Waals surface area contributed by atoms with Gasteiger partial charge in [-0.25, -0.2) is 0 Å². The molecule has 0 aromatic rings. The van der Waals surface area contributed by atoms with Crippen molar-refractivity contribution in [3.8, 4) is 0 Å². The Bertz CT molecular complexity index is 427. The van der Waals surface area contributed by atoms with E-state index in [0.29, 0.717) is 17.5 Å². The maximum absolute atomic E-state index is 12.4. The molecule has 24 heavy (non-hydrogen) atoms. The zero-order valence-electron chi connectivity index (χ0n) is 17.0. The van der Waals surface area contributed by atoms with E-state index in [1.807, 2.05) is 0 Å². The molecule has 1 amide bonds. The molecule has 0 unspecified atom stereocenters. The van der Waals surface area contributed by atoms with Crippen LogP contribution in [-0.2, 0) is 4.79 Å². The van der Waals surface area contributed by atoms with Crippen LogP contribution in [-0.4, -0.2) is 60.0 Å². The van der Waals surface area contributed by atoms with Gasteiger partial charge in [-0.3, -0.25) is 9.69 Å². The van der Waals surface area contributed by atoms with Gasteiger partial charge in [0.2, 0.25) is 5.91 Å². The van der Waals surface area contributed by atoms with Gasteiger partial charge in [-0.15, -0.1) is 0 Å². The smallest absolute Gasteiger partial charge is 0.223 e. The zero-order chi connectivity index (χ0) is 18.1. The Morgan fingerprint density at radius 2 is 1.67 bits per heavy atom. The second kappa shape index (κ2) is 7.33. The van der Waals surface area contributed by atoms with E-state index in [-0.39, 0.29) is 17.4 Å². The molecule has 0 spiro atoms. The molecule has 0 aliphatic carbocycles. The number of carbonyl (C=O) groups is 1. The van der Waals surface area contributed by atoms with Gasteiger partial charge >= 0.3 is 0 Å². The average molecular weight is 338 g/mol. The minimum Gasteiger partial charge on any atom is -0.351 e. The van der Waals surface area contributed by atoms with E-state index in [1.54, 1.807) is 0 Å². The van der Waals surface area contributed by atoms with Gasteiger partial charge in [-0.2, -0.15) is 0 Å². The fraction of sp³-hybridized carbons (Fsp3) is 0.950. The van der Waals surface area contributed by atoms with Crippen molar-refractivity contribution in [2.75, 3.05) is 26.7 Å².